The van der Waals surface area contributed by atoms with E-state index in [0.29, 0.717) is 12.2 Å². The average molecular weight is 231 g/mol. The van der Waals surface area contributed by atoms with E-state index in [-0.39, 0.29) is 12.0 Å². The molecule has 0 N–H and O–H groups in total. The molecule has 0 aliphatic rings. The van der Waals surface area contributed by atoms with Crippen LogP contribution in [-0.4, -0.2) is 12.6 Å². The lowest BCUT2D eigenvalue weighted by molar-refractivity contribution is -0.141. The number of rotatable bonds is 2. The number of nitriles is 1. The van der Waals surface area contributed by atoms with E-state index in [0.717, 1.165) is 0 Å². The van der Waals surface area contributed by atoms with Gasteiger partial charge in [0.25, 0.3) is 0 Å². The van der Waals surface area contributed by atoms with Crippen molar-refractivity contribution < 1.29 is 13.9 Å². The highest BCUT2D eigenvalue weighted by Crippen LogP contribution is 2.08. The number of benzene rings is 1. The van der Waals surface area contributed by atoms with Crippen molar-refractivity contribution in [2.24, 2.45) is 0 Å². The van der Waals surface area contributed by atoms with Crippen molar-refractivity contribution in [1.82, 2.24) is 0 Å². The summed E-state index contributed by atoms with van der Waals surface area (Å²) in [5, 5.41) is 8.64. The zero-order valence-corrected chi connectivity index (χ0v) is 9.29. The Bertz CT molecular complexity index is 520. The first kappa shape index (κ1) is 12.7. The summed E-state index contributed by atoms with van der Waals surface area (Å²) in [4.78, 5) is 11.0. The number of hydrogen-bond donors (Lipinski definition) is 0. The molecule has 0 fully saturated rings. The van der Waals surface area contributed by atoms with Gasteiger partial charge in [-0.3, -0.25) is 4.79 Å². The molecule has 0 saturated carbocycles. The molecule has 0 aliphatic carbocycles. The Morgan fingerprint density at radius 2 is 2.29 bits per heavy atom. The summed E-state index contributed by atoms with van der Waals surface area (Å²) in [6, 6.07) is 5.77. The number of ether oxygens (including phenoxy) is 1. The zero-order valence-electron chi connectivity index (χ0n) is 9.29. The summed E-state index contributed by atoms with van der Waals surface area (Å²) in [6.45, 7) is 1.99. The van der Waals surface area contributed by atoms with Crippen molar-refractivity contribution in [2.45, 2.75) is 13.3 Å². The van der Waals surface area contributed by atoms with Gasteiger partial charge < -0.3 is 4.74 Å². The number of carbonyl (C=O) groups is 1. The molecule has 17 heavy (non-hydrogen) atoms. The summed E-state index contributed by atoms with van der Waals surface area (Å²) in [5.74, 6) is 4.04. The van der Waals surface area contributed by atoms with E-state index >= 15 is 0 Å². The molecule has 0 atom stereocenters. The number of hydrogen-bond acceptors (Lipinski definition) is 3. The molecule has 3 nitrogen and oxygen atoms in total. The Morgan fingerprint density at radius 3 is 2.94 bits per heavy atom. The maximum Gasteiger partial charge on any atom is 0.317 e. The summed E-state index contributed by atoms with van der Waals surface area (Å²) in [7, 11) is 0. The molecule has 0 unspecified atom stereocenters. The molecule has 0 aliphatic heterocycles. The maximum absolute atomic E-state index is 13.3. The molecule has 1 aromatic rings. The van der Waals surface area contributed by atoms with Crippen LogP contribution in [0.25, 0.3) is 0 Å². The first-order valence-corrected chi connectivity index (χ1v) is 5.01. The lowest BCUT2D eigenvalue weighted by Gasteiger charge is -1.96. The van der Waals surface area contributed by atoms with Crippen LogP contribution in [0.5, 0.6) is 0 Å². The van der Waals surface area contributed by atoms with Crippen LogP contribution in [0.4, 0.5) is 4.39 Å². The number of esters is 1. The van der Waals surface area contributed by atoms with Gasteiger partial charge in [0.2, 0.25) is 0 Å². The second-order valence-corrected chi connectivity index (χ2v) is 3.09. The van der Waals surface area contributed by atoms with Crippen molar-refractivity contribution in [3.63, 3.8) is 0 Å². The van der Waals surface area contributed by atoms with E-state index in [2.05, 4.69) is 16.6 Å². The Kier molecular flexibility index (Phi) is 4.72. The molecule has 4 heteroatoms. The maximum atomic E-state index is 13.3. The molecule has 0 amide bonds. The fraction of sp³-hybridized carbons (Fsp3) is 0.231. The summed E-state index contributed by atoms with van der Waals surface area (Å²) in [5.41, 5.74) is 0.431. The third kappa shape index (κ3) is 3.96. The van der Waals surface area contributed by atoms with Crippen LogP contribution in [0, 0.1) is 29.0 Å². The van der Waals surface area contributed by atoms with Crippen LogP contribution in [0.1, 0.15) is 24.5 Å². The predicted octanol–water partition coefficient (Wildman–Crippen LogP) is 2.00. The van der Waals surface area contributed by atoms with E-state index in [1.807, 2.05) is 6.07 Å². The van der Waals surface area contributed by atoms with E-state index < -0.39 is 11.8 Å². The van der Waals surface area contributed by atoms with Gasteiger partial charge in [-0.25, -0.2) is 4.39 Å². The largest absolute Gasteiger partial charge is 0.465 e. The van der Waals surface area contributed by atoms with Crippen molar-refractivity contribution >= 4 is 5.97 Å². The Hall–Kier alpha value is -2.33. The first-order valence-electron chi connectivity index (χ1n) is 5.01. The fourth-order valence-corrected chi connectivity index (χ4v) is 1.11. The number of nitrogens with zero attached hydrogens (tertiary/aromatic N) is 1. The molecule has 0 saturated heterocycles. The molecular weight excluding hydrogens is 221 g/mol. The van der Waals surface area contributed by atoms with E-state index in [9.17, 15) is 9.18 Å². The summed E-state index contributed by atoms with van der Waals surface area (Å²) < 4.78 is 17.9. The number of halogens is 1. The van der Waals surface area contributed by atoms with Crippen LogP contribution in [0.15, 0.2) is 18.2 Å². The molecule has 0 heterocycles. The van der Waals surface area contributed by atoms with Crippen LogP contribution in [0.2, 0.25) is 0 Å². The second kappa shape index (κ2) is 6.30. The Labute approximate surface area is 98.8 Å². The highest BCUT2D eigenvalue weighted by atomic mass is 19.1. The van der Waals surface area contributed by atoms with Gasteiger partial charge in [0.15, 0.2) is 0 Å². The predicted molar refractivity (Wildman–Crippen MR) is 59.2 cm³/mol. The molecule has 0 radical (unpaired) electrons. The monoisotopic (exact) mass is 231 g/mol. The third-order valence-electron chi connectivity index (χ3n) is 1.86. The highest BCUT2D eigenvalue weighted by molar-refractivity contribution is 5.72. The molecule has 0 aromatic heterocycles. The van der Waals surface area contributed by atoms with Gasteiger partial charge in [0.05, 0.1) is 23.8 Å². The third-order valence-corrected chi connectivity index (χ3v) is 1.86. The topological polar surface area (TPSA) is 50.1 Å². The van der Waals surface area contributed by atoms with Gasteiger partial charge in [0, 0.05) is 0 Å². The zero-order chi connectivity index (χ0) is 12.7. The molecule has 1 aromatic carbocycles. The van der Waals surface area contributed by atoms with Crippen LogP contribution in [-0.2, 0) is 9.53 Å². The normalized spacial score (nSPS) is 8.76. The van der Waals surface area contributed by atoms with Gasteiger partial charge in [-0.2, -0.15) is 5.26 Å². The van der Waals surface area contributed by atoms with Crippen molar-refractivity contribution in [1.29, 1.82) is 5.26 Å². The van der Waals surface area contributed by atoms with Gasteiger partial charge in [-0.05, 0) is 25.1 Å². The SMILES string of the molecule is CCOC(=O)CC#Cc1cc(C#N)ccc1F. The smallest absolute Gasteiger partial charge is 0.317 e. The van der Waals surface area contributed by atoms with E-state index in [4.69, 9.17) is 5.26 Å². The summed E-state index contributed by atoms with van der Waals surface area (Å²) >= 11 is 0. The van der Waals surface area contributed by atoms with E-state index in [1.165, 1.54) is 18.2 Å². The lowest BCUT2D eigenvalue weighted by Crippen LogP contribution is -2.01. The average Bonchev–Trinajstić information content (AvgIpc) is 2.32. The summed E-state index contributed by atoms with van der Waals surface area (Å²) in [6.07, 6.45) is -0.0932. The molecule has 0 bridgehead atoms. The minimum absolute atomic E-state index is 0.0932. The molecule has 1 rings (SSSR count). The van der Waals surface area contributed by atoms with Gasteiger partial charge in [-0.1, -0.05) is 11.8 Å². The highest BCUT2D eigenvalue weighted by Gasteiger charge is 2.01. The molecular formula is C13H10FNO2. The van der Waals surface area contributed by atoms with Crippen LogP contribution in [0.3, 0.4) is 0 Å². The van der Waals surface area contributed by atoms with Crippen LogP contribution < -0.4 is 0 Å². The standard InChI is InChI=1S/C13H10FNO2/c1-2-17-13(16)5-3-4-11-8-10(9-15)6-7-12(11)14/h6-8H,2,5H2,1H3. The van der Waals surface area contributed by atoms with E-state index in [1.54, 1.807) is 6.92 Å². The fourth-order valence-electron chi connectivity index (χ4n) is 1.11. The first-order chi connectivity index (χ1) is 8.17. The van der Waals surface area contributed by atoms with Crippen molar-refractivity contribution in [3.05, 3.63) is 35.1 Å². The van der Waals surface area contributed by atoms with Gasteiger partial charge in [0.1, 0.15) is 12.2 Å². The quantitative estimate of drug-likeness (QED) is 0.577. The van der Waals surface area contributed by atoms with Crippen molar-refractivity contribution in [2.75, 3.05) is 6.61 Å². The second-order valence-electron chi connectivity index (χ2n) is 3.09. The Morgan fingerprint density at radius 1 is 1.53 bits per heavy atom. The molecule has 0 spiro atoms. The number of carbonyl (C=O) groups excluding carboxylic acids is 1. The minimum atomic E-state index is -0.514. The minimum Gasteiger partial charge on any atom is -0.465 e. The van der Waals surface area contributed by atoms with Crippen LogP contribution >= 0.6 is 0 Å². The van der Waals surface area contributed by atoms with Crippen molar-refractivity contribution in [3.8, 4) is 17.9 Å². The Balaban J connectivity index is 2.78. The molecule has 86 valence electrons. The lowest BCUT2D eigenvalue weighted by atomic mass is 10.1. The van der Waals surface area contributed by atoms with Gasteiger partial charge in [-0.15, -0.1) is 0 Å². The van der Waals surface area contributed by atoms with Gasteiger partial charge >= 0.3 is 5.97 Å².